The zero-order valence-corrected chi connectivity index (χ0v) is 14.8. The maximum absolute atomic E-state index is 12.5. The van der Waals surface area contributed by atoms with Crippen LogP contribution in [-0.2, 0) is 6.54 Å². The van der Waals surface area contributed by atoms with Gasteiger partial charge in [-0.15, -0.1) is 0 Å². The van der Waals surface area contributed by atoms with Crippen LogP contribution in [0.25, 0.3) is 0 Å². The summed E-state index contributed by atoms with van der Waals surface area (Å²) in [6, 6.07) is 5.90. The molecule has 1 fully saturated rings. The van der Waals surface area contributed by atoms with Crippen LogP contribution in [0.2, 0.25) is 0 Å². The number of likely N-dealkylation sites (tertiary alicyclic amines) is 1. The molecule has 0 saturated carbocycles. The first-order chi connectivity index (χ1) is 11.8. The number of halogens is 3. The first kappa shape index (κ1) is 19.4. The van der Waals surface area contributed by atoms with Gasteiger partial charge in [0.05, 0.1) is 13.7 Å². The summed E-state index contributed by atoms with van der Waals surface area (Å²) in [6.45, 7) is 2.46. The standard InChI is InChI=1S/C17H25F3N4O/c1-12-4-5-13(8-15(12)25-3)9-22-16(21-2)23-14-6-7-24(10-14)11-17(18,19)20/h4-5,8,14H,6-7,9-11H2,1-3H3,(H2,21,22,23). The third kappa shape index (κ3) is 6.12. The second-order valence-corrected chi connectivity index (χ2v) is 6.21. The Morgan fingerprint density at radius 3 is 2.80 bits per heavy atom. The van der Waals surface area contributed by atoms with Gasteiger partial charge in [-0.3, -0.25) is 9.89 Å². The van der Waals surface area contributed by atoms with E-state index in [4.69, 9.17) is 4.74 Å². The molecular formula is C17H25F3N4O. The third-order valence-corrected chi connectivity index (χ3v) is 4.17. The highest BCUT2D eigenvalue weighted by molar-refractivity contribution is 5.80. The predicted molar refractivity (Wildman–Crippen MR) is 92.0 cm³/mol. The van der Waals surface area contributed by atoms with E-state index in [1.54, 1.807) is 14.2 Å². The Bertz CT molecular complexity index is 604. The molecule has 1 aromatic rings. The average molecular weight is 358 g/mol. The Morgan fingerprint density at radius 2 is 2.16 bits per heavy atom. The first-order valence-corrected chi connectivity index (χ1v) is 8.20. The molecule has 140 valence electrons. The summed E-state index contributed by atoms with van der Waals surface area (Å²) in [7, 11) is 3.28. The van der Waals surface area contributed by atoms with Crippen LogP contribution in [0.1, 0.15) is 17.5 Å². The van der Waals surface area contributed by atoms with E-state index >= 15 is 0 Å². The summed E-state index contributed by atoms with van der Waals surface area (Å²) in [5.74, 6) is 1.40. The molecule has 1 saturated heterocycles. The van der Waals surface area contributed by atoms with Gasteiger partial charge in [0.15, 0.2) is 5.96 Å². The molecule has 0 aliphatic carbocycles. The summed E-state index contributed by atoms with van der Waals surface area (Å²) in [6.07, 6.45) is -3.49. The van der Waals surface area contributed by atoms with Crippen molar-refractivity contribution in [3.05, 3.63) is 29.3 Å². The number of methoxy groups -OCH3 is 1. The van der Waals surface area contributed by atoms with Crippen molar-refractivity contribution < 1.29 is 17.9 Å². The van der Waals surface area contributed by atoms with Crippen LogP contribution in [-0.4, -0.2) is 56.9 Å². The van der Waals surface area contributed by atoms with Gasteiger partial charge in [0.25, 0.3) is 0 Å². The molecule has 5 nitrogen and oxygen atoms in total. The SMILES string of the molecule is CN=C(NCc1ccc(C)c(OC)c1)NC1CCN(CC(F)(F)F)C1. The fourth-order valence-corrected chi connectivity index (χ4v) is 2.90. The lowest BCUT2D eigenvalue weighted by molar-refractivity contribution is -0.143. The van der Waals surface area contributed by atoms with Gasteiger partial charge in [-0.25, -0.2) is 0 Å². The number of ether oxygens (including phenoxy) is 1. The van der Waals surface area contributed by atoms with Gasteiger partial charge in [0.1, 0.15) is 5.75 Å². The topological polar surface area (TPSA) is 48.9 Å². The number of nitrogens with zero attached hydrogens (tertiary/aromatic N) is 2. The summed E-state index contributed by atoms with van der Waals surface area (Å²) in [4.78, 5) is 5.56. The Morgan fingerprint density at radius 1 is 1.40 bits per heavy atom. The van der Waals surface area contributed by atoms with Gasteiger partial charge in [-0.05, 0) is 30.5 Å². The molecule has 1 unspecified atom stereocenters. The Balaban J connectivity index is 1.83. The Hall–Kier alpha value is -1.96. The lowest BCUT2D eigenvalue weighted by atomic mass is 10.1. The number of rotatable bonds is 5. The van der Waals surface area contributed by atoms with Crippen molar-refractivity contribution in [1.82, 2.24) is 15.5 Å². The molecule has 2 rings (SSSR count). The predicted octanol–water partition coefficient (Wildman–Crippen LogP) is 2.31. The van der Waals surface area contributed by atoms with Crippen LogP contribution in [0.4, 0.5) is 13.2 Å². The van der Waals surface area contributed by atoms with Crippen LogP contribution in [0.3, 0.4) is 0 Å². The van der Waals surface area contributed by atoms with E-state index in [1.165, 1.54) is 4.90 Å². The van der Waals surface area contributed by atoms with E-state index in [-0.39, 0.29) is 6.04 Å². The maximum atomic E-state index is 12.5. The molecule has 1 atom stereocenters. The van der Waals surface area contributed by atoms with Crippen molar-refractivity contribution in [1.29, 1.82) is 0 Å². The van der Waals surface area contributed by atoms with Gasteiger partial charge < -0.3 is 15.4 Å². The summed E-state index contributed by atoms with van der Waals surface area (Å²) < 4.78 is 42.7. The van der Waals surface area contributed by atoms with Crippen molar-refractivity contribution >= 4 is 5.96 Å². The van der Waals surface area contributed by atoms with E-state index in [0.29, 0.717) is 32.0 Å². The van der Waals surface area contributed by atoms with Gasteiger partial charge in [0.2, 0.25) is 0 Å². The van der Waals surface area contributed by atoms with E-state index in [0.717, 1.165) is 16.9 Å². The minimum atomic E-state index is -4.15. The minimum Gasteiger partial charge on any atom is -0.496 e. The molecule has 0 amide bonds. The van der Waals surface area contributed by atoms with Gasteiger partial charge in [0, 0.05) is 32.7 Å². The number of aryl methyl sites for hydroxylation is 1. The van der Waals surface area contributed by atoms with Crippen molar-refractivity contribution in [3.63, 3.8) is 0 Å². The van der Waals surface area contributed by atoms with Gasteiger partial charge in [-0.2, -0.15) is 13.2 Å². The molecule has 0 aromatic heterocycles. The zero-order valence-electron chi connectivity index (χ0n) is 14.8. The number of guanidine groups is 1. The molecule has 8 heteroatoms. The molecule has 1 heterocycles. The van der Waals surface area contributed by atoms with Gasteiger partial charge >= 0.3 is 6.18 Å². The number of benzene rings is 1. The van der Waals surface area contributed by atoms with Gasteiger partial charge in [-0.1, -0.05) is 12.1 Å². The first-order valence-electron chi connectivity index (χ1n) is 8.20. The largest absolute Gasteiger partial charge is 0.496 e. The third-order valence-electron chi connectivity index (χ3n) is 4.17. The quantitative estimate of drug-likeness (QED) is 0.626. The smallest absolute Gasteiger partial charge is 0.401 e. The second-order valence-electron chi connectivity index (χ2n) is 6.21. The molecular weight excluding hydrogens is 333 g/mol. The Kier molecular flexibility index (Phi) is 6.52. The molecule has 1 aromatic carbocycles. The molecule has 1 aliphatic heterocycles. The number of aliphatic imine (C=N–C) groups is 1. The zero-order chi connectivity index (χ0) is 18.4. The lowest BCUT2D eigenvalue weighted by Gasteiger charge is -2.20. The lowest BCUT2D eigenvalue weighted by Crippen LogP contribution is -2.44. The summed E-state index contributed by atoms with van der Waals surface area (Å²) in [5.41, 5.74) is 2.10. The number of hydrogen-bond acceptors (Lipinski definition) is 3. The van der Waals surface area contributed by atoms with E-state index in [9.17, 15) is 13.2 Å². The minimum absolute atomic E-state index is 0.0406. The number of nitrogens with one attached hydrogen (secondary N) is 2. The highest BCUT2D eigenvalue weighted by Crippen LogP contribution is 2.20. The molecule has 2 N–H and O–H groups in total. The van der Waals surface area contributed by atoms with Crippen molar-refractivity contribution in [3.8, 4) is 5.75 Å². The normalized spacial score (nSPS) is 19.1. The van der Waals surface area contributed by atoms with Crippen LogP contribution in [0.15, 0.2) is 23.2 Å². The second kappa shape index (κ2) is 8.42. The van der Waals surface area contributed by atoms with Crippen LogP contribution in [0, 0.1) is 6.92 Å². The Labute approximate surface area is 146 Å². The monoisotopic (exact) mass is 358 g/mol. The van der Waals surface area contributed by atoms with Crippen molar-refractivity contribution in [2.45, 2.75) is 32.1 Å². The molecule has 0 bridgehead atoms. The molecule has 0 radical (unpaired) electrons. The maximum Gasteiger partial charge on any atom is 0.401 e. The van der Waals surface area contributed by atoms with Crippen LogP contribution in [0.5, 0.6) is 5.75 Å². The van der Waals surface area contributed by atoms with E-state index in [2.05, 4.69) is 15.6 Å². The average Bonchev–Trinajstić information content (AvgIpc) is 2.97. The molecule has 1 aliphatic rings. The number of alkyl halides is 3. The van der Waals surface area contributed by atoms with E-state index < -0.39 is 12.7 Å². The highest BCUT2D eigenvalue weighted by atomic mass is 19.4. The fraction of sp³-hybridized carbons (Fsp3) is 0.588. The summed E-state index contributed by atoms with van der Waals surface area (Å²) >= 11 is 0. The van der Waals surface area contributed by atoms with Crippen LogP contribution >= 0.6 is 0 Å². The molecule has 0 spiro atoms. The van der Waals surface area contributed by atoms with E-state index in [1.807, 2.05) is 25.1 Å². The fourth-order valence-electron chi connectivity index (χ4n) is 2.90. The summed E-state index contributed by atoms with van der Waals surface area (Å²) in [5, 5.41) is 6.38. The highest BCUT2D eigenvalue weighted by Gasteiger charge is 2.34. The van der Waals surface area contributed by atoms with Crippen LogP contribution < -0.4 is 15.4 Å². The van der Waals surface area contributed by atoms with Crippen molar-refractivity contribution in [2.24, 2.45) is 4.99 Å². The molecule has 25 heavy (non-hydrogen) atoms. The van der Waals surface area contributed by atoms with Crippen molar-refractivity contribution in [2.75, 3.05) is 33.8 Å². The number of hydrogen-bond donors (Lipinski definition) is 2.